The second kappa shape index (κ2) is 4.67. The highest BCUT2D eigenvalue weighted by Gasteiger charge is 2.09. The minimum absolute atomic E-state index is 0.0858. The van der Waals surface area contributed by atoms with Crippen LogP contribution in [0.4, 0.5) is 0 Å². The van der Waals surface area contributed by atoms with Crippen LogP contribution in [0.5, 0.6) is 11.5 Å². The molecule has 4 nitrogen and oxygen atoms in total. The Labute approximate surface area is 101 Å². The summed E-state index contributed by atoms with van der Waals surface area (Å²) in [5.74, 6) is 0.869. The fourth-order valence-electron chi connectivity index (χ4n) is 1.25. The van der Waals surface area contributed by atoms with E-state index in [1.165, 1.54) is 18.4 Å². The number of phenols is 1. The summed E-state index contributed by atoms with van der Waals surface area (Å²) in [6.07, 6.45) is 0. The molecule has 0 bridgehead atoms. The van der Waals surface area contributed by atoms with Gasteiger partial charge in [0.05, 0.1) is 13.0 Å². The van der Waals surface area contributed by atoms with E-state index in [2.05, 4.69) is 10.2 Å². The zero-order valence-corrected chi connectivity index (χ0v) is 10.0. The molecule has 1 aromatic heterocycles. The number of phenolic OH excluding ortho intramolecular Hbond substituents is 1. The Bertz CT molecular complexity index is 501. The number of ether oxygens (including phenoxy) is 1. The molecule has 1 N–H and O–H groups in total. The number of hydrogen-bond donors (Lipinski definition) is 1. The topological polar surface area (TPSA) is 55.2 Å². The predicted octanol–water partition coefficient (Wildman–Crippen LogP) is 2.66. The number of benzene rings is 1. The highest BCUT2D eigenvalue weighted by molar-refractivity contribution is 7.14. The summed E-state index contributed by atoms with van der Waals surface area (Å²) in [7, 11) is 1.51. The van der Waals surface area contributed by atoms with Crippen molar-refractivity contribution in [1.82, 2.24) is 10.2 Å². The predicted molar refractivity (Wildman–Crippen MR) is 63.1 cm³/mol. The maximum Gasteiger partial charge on any atom is 0.160 e. The van der Waals surface area contributed by atoms with Gasteiger partial charge < -0.3 is 9.84 Å². The second-order valence-corrected chi connectivity index (χ2v) is 4.35. The Kier molecular flexibility index (Phi) is 3.26. The van der Waals surface area contributed by atoms with E-state index in [1.54, 1.807) is 12.1 Å². The van der Waals surface area contributed by atoms with E-state index >= 15 is 0 Å². The lowest BCUT2D eigenvalue weighted by Gasteiger charge is -2.03. The van der Waals surface area contributed by atoms with Crippen molar-refractivity contribution in [3.63, 3.8) is 0 Å². The molecule has 2 aromatic rings. The summed E-state index contributed by atoms with van der Waals surface area (Å²) in [6.45, 7) is 0. The van der Waals surface area contributed by atoms with E-state index in [1.807, 2.05) is 6.07 Å². The molecule has 0 radical (unpaired) electrons. The summed E-state index contributed by atoms with van der Waals surface area (Å²) in [4.78, 5) is 0. The van der Waals surface area contributed by atoms with Gasteiger partial charge in [0.15, 0.2) is 11.5 Å². The van der Waals surface area contributed by atoms with Crippen molar-refractivity contribution in [2.45, 2.75) is 5.88 Å². The molecular formula is C10H9ClN2O2S. The first-order chi connectivity index (χ1) is 7.74. The van der Waals surface area contributed by atoms with Gasteiger partial charge in [-0.1, -0.05) is 11.3 Å². The Morgan fingerprint density at radius 1 is 1.44 bits per heavy atom. The van der Waals surface area contributed by atoms with Crippen LogP contribution in [0, 0.1) is 0 Å². The largest absolute Gasteiger partial charge is 0.504 e. The van der Waals surface area contributed by atoms with Crippen molar-refractivity contribution in [2.24, 2.45) is 0 Å². The van der Waals surface area contributed by atoms with Gasteiger partial charge in [0.2, 0.25) is 0 Å². The third kappa shape index (κ3) is 2.10. The van der Waals surface area contributed by atoms with Crippen molar-refractivity contribution in [3.8, 4) is 22.1 Å². The summed E-state index contributed by atoms with van der Waals surface area (Å²) >= 11 is 7.05. The molecule has 16 heavy (non-hydrogen) atoms. The standard InChI is InChI=1S/C10H9ClN2O2S/c1-15-8-3-2-6(4-7(8)14)10-13-12-9(5-11)16-10/h2-4,14H,5H2,1H3. The van der Waals surface area contributed by atoms with Crippen LogP contribution in [0.25, 0.3) is 10.6 Å². The van der Waals surface area contributed by atoms with Gasteiger partial charge in [0.1, 0.15) is 10.0 Å². The zero-order chi connectivity index (χ0) is 11.5. The number of hydrogen-bond acceptors (Lipinski definition) is 5. The lowest BCUT2D eigenvalue weighted by atomic mass is 10.2. The van der Waals surface area contributed by atoms with Gasteiger partial charge >= 0.3 is 0 Å². The first-order valence-corrected chi connectivity index (χ1v) is 5.85. The summed E-state index contributed by atoms with van der Waals surface area (Å²) in [5, 5.41) is 19.0. The highest BCUT2D eigenvalue weighted by atomic mass is 35.5. The monoisotopic (exact) mass is 256 g/mol. The molecule has 0 saturated carbocycles. The first kappa shape index (κ1) is 11.2. The van der Waals surface area contributed by atoms with Gasteiger partial charge in [-0.05, 0) is 18.2 Å². The van der Waals surface area contributed by atoms with Crippen molar-refractivity contribution < 1.29 is 9.84 Å². The minimum Gasteiger partial charge on any atom is -0.504 e. The Hall–Kier alpha value is -1.33. The van der Waals surface area contributed by atoms with Crippen LogP contribution in [0.1, 0.15) is 5.01 Å². The zero-order valence-electron chi connectivity index (χ0n) is 8.48. The van der Waals surface area contributed by atoms with Gasteiger partial charge in [-0.2, -0.15) is 0 Å². The number of alkyl halides is 1. The fraction of sp³-hybridized carbons (Fsp3) is 0.200. The lowest BCUT2D eigenvalue weighted by molar-refractivity contribution is 0.373. The van der Waals surface area contributed by atoms with Crippen molar-refractivity contribution in [3.05, 3.63) is 23.2 Å². The van der Waals surface area contributed by atoms with Crippen LogP contribution in [0.15, 0.2) is 18.2 Å². The van der Waals surface area contributed by atoms with E-state index in [9.17, 15) is 5.11 Å². The van der Waals surface area contributed by atoms with Crippen LogP contribution < -0.4 is 4.74 Å². The molecule has 0 unspecified atom stereocenters. The van der Waals surface area contributed by atoms with Crippen LogP contribution in [-0.2, 0) is 5.88 Å². The molecule has 2 rings (SSSR count). The SMILES string of the molecule is COc1ccc(-c2nnc(CCl)s2)cc1O. The average molecular weight is 257 g/mol. The van der Waals surface area contributed by atoms with Crippen molar-refractivity contribution in [2.75, 3.05) is 7.11 Å². The van der Waals surface area contributed by atoms with Crippen molar-refractivity contribution in [1.29, 1.82) is 0 Å². The Morgan fingerprint density at radius 3 is 2.81 bits per heavy atom. The second-order valence-electron chi connectivity index (χ2n) is 3.02. The molecule has 0 fully saturated rings. The summed E-state index contributed by atoms with van der Waals surface area (Å²) in [5.41, 5.74) is 0.798. The molecule has 84 valence electrons. The Morgan fingerprint density at radius 2 is 2.25 bits per heavy atom. The first-order valence-electron chi connectivity index (χ1n) is 4.50. The van der Waals surface area contributed by atoms with Gasteiger partial charge in [-0.3, -0.25) is 0 Å². The van der Waals surface area contributed by atoms with E-state index < -0.39 is 0 Å². The van der Waals surface area contributed by atoms with Crippen LogP contribution in [0.2, 0.25) is 0 Å². The molecular weight excluding hydrogens is 248 g/mol. The molecule has 0 aliphatic carbocycles. The molecule has 0 atom stereocenters. The molecule has 0 aliphatic rings. The summed E-state index contributed by atoms with van der Waals surface area (Å²) < 4.78 is 4.96. The summed E-state index contributed by atoms with van der Waals surface area (Å²) in [6, 6.07) is 5.10. The minimum atomic E-state index is 0.0858. The maximum absolute atomic E-state index is 9.62. The maximum atomic E-state index is 9.62. The normalized spacial score (nSPS) is 10.4. The molecule has 6 heteroatoms. The molecule has 1 aromatic carbocycles. The number of aromatic hydroxyl groups is 1. The lowest BCUT2D eigenvalue weighted by Crippen LogP contribution is -1.84. The van der Waals surface area contributed by atoms with E-state index in [0.717, 1.165) is 15.6 Å². The van der Waals surface area contributed by atoms with Crippen molar-refractivity contribution >= 4 is 22.9 Å². The molecule has 1 heterocycles. The van der Waals surface area contributed by atoms with Gasteiger partial charge in [-0.15, -0.1) is 21.8 Å². The number of methoxy groups -OCH3 is 1. The van der Waals surface area contributed by atoms with Gasteiger partial charge in [-0.25, -0.2) is 0 Å². The van der Waals surface area contributed by atoms with Crippen LogP contribution >= 0.6 is 22.9 Å². The molecule has 0 amide bonds. The van der Waals surface area contributed by atoms with Crippen LogP contribution in [-0.4, -0.2) is 22.4 Å². The van der Waals surface area contributed by atoms with Gasteiger partial charge in [0.25, 0.3) is 0 Å². The number of nitrogens with zero attached hydrogens (tertiary/aromatic N) is 2. The third-order valence-electron chi connectivity index (χ3n) is 2.01. The number of rotatable bonds is 3. The van der Waals surface area contributed by atoms with E-state index in [4.69, 9.17) is 16.3 Å². The highest BCUT2D eigenvalue weighted by Crippen LogP contribution is 2.32. The fourth-order valence-corrected chi connectivity index (χ4v) is 2.15. The molecule has 0 spiro atoms. The van der Waals surface area contributed by atoms with Gasteiger partial charge in [0, 0.05) is 5.56 Å². The number of halogens is 1. The molecule has 0 aliphatic heterocycles. The Balaban J connectivity index is 2.37. The van der Waals surface area contributed by atoms with Crippen LogP contribution in [0.3, 0.4) is 0 Å². The van der Waals surface area contributed by atoms with E-state index in [-0.39, 0.29) is 5.75 Å². The third-order valence-corrected chi connectivity index (χ3v) is 3.39. The van der Waals surface area contributed by atoms with E-state index in [0.29, 0.717) is 11.6 Å². The number of aromatic nitrogens is 2. The quantitative estimate of drug-likeness (QED) is 0.858. The smallest absolute Gasteiger partial charge is 0.160 e. The molecule has 0 saturated heterocycles. The average Bonchev–Trinajstić information content (AvgIpc) is 2.77.